The third-order valence-electron chi connectivity index (χ3n) is 6.84. The molecule has 1 saturated heterocycles. The minimum atomic E-state index is -0.401. The van der Waals surface area contributed by atoms with Crippen LogP contribution in [0.15, 0.2) is 122 Å². The molecule has 0 amide bonds. The molecule has 40 heavy (non-hydrogen) atoms. The maximum absolute atomic E-state index is 12.6. The van der Waals surface area contributed by atoms with Gasteiger partial charge in [-0.3, -0.25) is 4.98 Å². The van der Waals surface area contributed by atoms with Gasteiger partial charge in [-0.05, 0) is 85.0 Å². The van der Waals surface area contributed by atoms with Crippen molar-refractivity contribution >= 4 is 29.0 Å². The molecule has 0 spiro atoms. The molecule has 0 saturated carbocycles. The molecule has 1 N–H and O–H groups in total. The van der Waals surface area contributed by atoms with Crippen LogP contribution in [-0.2, 0) is 4.74 Å². The van der Waals surface area contributed by atoms with Gasteiger partial charge in [0.25, 0.3) is 0 Å². The number of para-hydroxylation sites is 2. The molecule has 7 nitrogen and oxygen atoms in total. The first-order valence-electron chi connectivity index (χ1n) is 12.8. The van der Waals surface area contributed by atoms with Crippen LogP contribution in [0.1, 0.15) is 33.8 Å². The molecule has 2 atom stereocenters. The second kappa shape index (κ2) is 11.0. The van der Waals surface area contributed by atoms with E-state index in [2.05, 4.69) is 15.2 Å². The summed E-state index contributed by atoms with van der Waals surface area (Å²) < 4.78 is 13.1. The average Bonchev–Trinajstić information content (AvgIpc) is 3.62. The van der Waals surface area contributed by atoms with Crippen LogP contribution in [0.4, 0.5) is 5.69 Å². The molecule has 198 valence electrons. The van der Waals surface area contributed by atoms with Gasteiger partial charge in [0, 0.05) is 23.8 Å². The lowest BCUT2D eigenvalue weighted by Crippen LogP contribution is -2.30. The second-order valence-corrected chi connectivity index (χ2v) is 9.60. The fourth-order valence-corrected chi connectivity index (χ4v) is 5.40. The van der Waals surface area contributed by atoms with E-state index in [-0.39, 0.29) is 12.1 Å². The quantitative estimate of drug-likeness (QED) is 0.182. The monoisotopic (exact) mass is 546 g/mol. The van der Waals surface area contributed by atoms with Gasteiger partial charge in [-0.15, -0.1) is 0 Å². The molecule has 3 heterocycles. The highest BCUT2D eigenvalue weighted by Gasteiger charge is 2.42. The van der Waals surface area contributed by atoms with Crippen molar-refractivity contribution in [2.24, 2.45) is 0 Å². The van der Waals surface area contributed by atoms with E-state index in [1.54, 1.807) is 12.3 Å². The summed E-state index contributed by atoms with van der Waals surface area (Å²) in [6.07, 6.45) is 3.73. The zero-order valence-corrected chi connectivity index (χ0v) is 22.5. The first-order chi connectivity index (χ1) is 19.6. The third-order valence-corrected chi connectivity index (χ3v) is 7.16. The van der Waals surface area contributed by atoms with Gasteiger partial charge >= 0.3 is 5.97 Å². The Labute approximate surface area is 237 Å². The maximum Gasteiger partial charge on any atom is 0.339 e. The van der Waals surface area contributed by atoms with Crippen LogP contribution in [0.5, 0.6) is 11.5 Å². The van der Waals surface area contributed by atoms with Crippen molar-refractivity contribution in [3.63, 3.8) is 0 Å². The molecule has 1 aliphatic rings. The van der Waals surface area contributed by atoms with E-state index in [1.807, 2.05) is 114 Å². The number of carbonyl (C=O) groups is 1. The fourth-order valence-electron chi connectivity index (χ4n) is 5.05. The number of hydrogen-bond acceptors (Lipinski definition) is 5. The number of ether oxygens (including phenoxy) is 2. The molecule has 0 bridgehead atoms. The largest absolute Gasteiger partial charge is 0.465 e. The van der Waals surface area contributed by atoms with E-state index in [0.29, 0.717) is 10.7 Å². The van der Waals surface area contributed by atoms with E-state index >= 15 is 0 Å². The molecule has 8 heteroatoms. The number of anilines is 1. The molecule has 1 aliphatic heterocycles. The standard InChI is InChI=1S/C32H26N4O3S/c1-38-31(37)25-12-5-6-14-27(25)35-21-9-15-28(35)30-29(26-13-7-8-20-33-26)34-32(40)36(30)22-16-18-24(19-17-22)39-23-10-3-2-4-11-23/h2-21,29-30H,1H3,(H,34,40). The lowest BCUT2D eigenvalue weighted by molar-refractivity contribution is 0.0600. The van der Waals surface area contributed by atoms with E-state index in [4.69, 9.17) is 21.7 Å². The summed E-state index contributed by atoms with van der Waals surface area (Å²) in [5.74, 6) is 1.09. The third kappa shape index (κ3) is 4.81. The van der Waals surface area contributed by atoms with Gasteiger partial charge in [-0.1, -0.05) is 36.4 Å². The molecule has 6 rings (SSSR count). The van der Waals surface area contributed by atoms with Crippen molar-refractivity contribution in [3.8, 4) is 17.2 Å². The number of methoxy groups -OCH3 is 1. The van der Waals surface area contributed by atoms with Crippen LogP contribution in [0, 0.1) is 0 Å². The lowest BCUT2D eigenvalue weighted by atomic mass is 10.0. The Bertz CT molecular complexity index is 1640. The molecule has 5 aromatic rings. The molecule has 2 unspecified atom stereocenters. The van der Waals surface area contributed by atoms with Crippen LogP contribution in [0.25, 0.3) is 5.69 Å². The number of pyridine rings is 1. The zero-order valence-electron chi connectivity index (χ0n) is 21.7. The number of nitrogens with zero attached hydrogens (tertiary/aromatic N) is 3. The highest BCUT2D eigenvalue weighted by Crippen LogP contribution is 2.43. The number of benzene rings is 3. The number of carbonyl (C=O) groups excluding carboxylic acids is 1. The van der Waals surface area contributed by atoms with E-state index in [9.17, 15) is 4.79 Å². The highest BCUT2D eigenvalue weighted by atomic mass is 32.1. The Balaban J connectivity index is 1.43. The van der Waals surface area contributed by atoms with Gasteiger partial charge in [0.1, 0.15) is 17.5 Å². The van der Waals surface area contributed by atoms with E-state index in [0.717, 1.165) is 34.3 Å². The average molecular weight is 547 g/mol. The molecule has 0 aliphatic carbocycles. The number of aromatic nitrogens is 2. The Hall–Kier alpha value is -4.95. The SMILES string of the molecule is COC(=O)c1ccccc1-n1cccc1C1C(c2ccccn2)NC(=S)N1c1ccc(Oc2ccccc2)cc1. The summed E-state index contributed by atoms with van der Waals surface area (Å²) in [5, 5.41) is 4.07. The molecular weight excluding hydrogens is 520 g/mol. The Morgan fingerprint density at radius 1 is 0.850 bits per heavy atom. The Morgan fingerprint density at radius 2 is 1.57 bits per heavy atom. The fraction of sp³-hybridized carbons (Fsp3) is 0.0938. The zero-order chi connectivity index (χ0) is 27.5. The number of hydrogen-bond donors (Lipinski definition) is 1. The minimum Gasteiger partial charge on any atom is -0.465 e. The van der Waals surface area contributed by atoms with E-state index < -0.39 is 5.97 Å². The summed E-state index contributed by atoms with van der Waals surface area (Å²) in [7, 11) is 1.39. The van der Waals surface area contributed by atoms with Crippen molar-refractivity contribution in [2.45, 2.75) is 12.1 Å². The Kier molecular flexibility index (Phi) is 6.99. The van der Waals surface area contributed by atoms with Gasteiger partial charge in [-0.2, -0.15) is 0 Å². The van der Waals surface area contributed by atoms with Gasteiger partial charge in [0.05, 0.1) is 30.1 Å². The van der Waals surface area contributed by atoms with Crippen molar-refractivity contribution in [3.05, 3.63) is 139 Å². The molecular formula is C32H26N4O3S. The van der Waals surface area contributed by atoms with Crippen LogP contribution in [0.3, 0.4) is 0 Å². The number of esters is 1. The van der Waals surface area contributed by atoms with Crippen LogP contribution in [0.2, 0.25) is 0 Å². The predicted molar refractivity (Wildman–Crippen MR) is 158 cm³/mol. The normalized spacial score (nSPS) is 16.4. The summed E-state index contributed by atoms with van der Waals surface area (Å²) in [6.45, 7) is 0. The smallest absolute Gasteiger partial charge is 0.339 e. The summed E-state index contributed by atoms with van der Waals surface area (Å²) in [5.41, 5.74) is 3.88. The molecule has 2 aromatic heterocycles. The Morgan fingerprint density at radius 3 is 2.33 bits per heavy atom. The van der Waals surface area contributed by atoms with Crippen molar-refractivity contribution in [2.75, 3.05) is 12.0 Å². The molecule has 0 radical (unpaired) electrons. The molecule has 1 fully saturated rings. The summed E-state index contributed by atoms with van der Waals surface area (Å²) >= 11 is 5.91. The first kappa shape index (κ1) is 25.3. The van der Waals surface area contributed by atoms with Gasteiger partial charge in [-0.25, -0.2) is 4.79 Å². The van der Waals surface area contributed by atoms with Gasteiger partial charge in [0.2, 0.25) is 0 Å². The molecule has 3 aromatic carbocycles. The van der Waals surface area contributed by atoms with Crippen LogP contribution >= 0.6 is 12.2 Å². The summed E-state index contributed by atoms with van der Waals surface area (Å²) in [6, 6.07) is 34.3. The predicted octanol–water partition coefficient (Wildman–Crippen LogP) is 6.63. The first-order valence-corrected chi connectivity index (χ1v) is 13.2. The van der Waals surface area contributed by atoms with E-state index in [1.165, 1.54) is 7.11 Å². The number of thiocarbonyl (C=S) groups is 1. The minimum absolute atomic E-state index is 0.243. The topological polar surface area (TPSA) is 68.6 Å². The van der Waals surface area contributed by atoms with Crippen molar-refractivity contribution < 1.29 is 14.3 Å². The second-order valence-electron chi connectivity index (χ2n) is 9.22. The summed E-state index contributed by atoms with van der Waals surface area (Å²) in [4.78, 5) is 19.4. The number of nitrogens with one attached hydrogen (secondary N) is 1. The van der Waals surface area contributed by atoms with Crippen LogP contribution in [-0.4, -0.2) is 27.7 Å². The van der Waals surface area contributed by atoms with Crippen molar-refractivity contribution in [1.82, 2.24) is 14.9 Å². The number of rotatable bonds is 7. The van der Waals surface area contributed by atoms with Gasteiger partial charge < -0.3 is 24.3 Å². The lowest BCUT2D eigenvalue weighted by Gasteiger charge is -2.29. The highest BCUT2D eigenvalue weighted by molar-refractivity contribution is 7.80. The van der Waals surface area contributed by atoms with Gasteiger partial charge in [0.15, 0.2) is 5.11 Å². The van der Waals surface area contributed by atoms with Crippen molar-refractivity contribution in [1.29, 1.82) is 0 Å². The maximum atomic E-state index is 12.6. The van der Waals surface area contributed by atoms with Crippen LogP contribution < -0.4 is 15.0 Å².